The number of fused-ring (bicyclic) bond motifs is 1. The van der Waals surface area contributed by atoms with Crippen LogP contribution in [0.3, 0.4) is 0 Å². The van der Waals surface area contributed by atoms with Crippen LogP contribution < -0.4 is 14.8 Å². The molecule has 196 valence electrons. The Morgan fingerprint density at radius 2 is 1.86 bits per heavy atom. The number of nitrogens with zero attached hydrogens (tertiary/aromatic N) is 1. The lowest BCUT2D eigenvalue weighted by Gasteiger charge is -2.22. The molecule has 0 fully saturated rings. The first-order chi connectivity index (χ1) is 17.5. The minimum atomic E-state index is -3.49. The Balaban J connectivity index is 1.56. The smallest absolute Gasteiger partial charge is 0.272 e. The average Bonchev–Trinajstić information content (AvgIpc) is 3.14. The number of nitrogens with one attached hydrogen (secondary N) is 3. The predicted octanol–water partition coefficient (Wildman–Crippen LogP) is 5.28. The first kappa shape index (κ1) is 26.5. The lowest BCUT2D eigenvalue weighted by molar-refractivity contribution is 0.101. The van der Waals surface area contributed by atoms with Crippen LogP contribution in [-0.2, 0) is 23.4 Å². The molecule has 0 saturated heterocycles. The van der Waals surface area contributed by atoms with Gasteiger partial charge in [-0.3, -0.25) is 4.79 Å². The Labute approximate surface area is 213 Å². The van der Waals surface area contributed by atoms with Crippen molar-refractivity contribution in [1.29, 1.82) is 4.78 Å². The summed E-state index contributed by atoms with van der Waals surface area (Å²) in [6.45, 7) is 1.99. The molecule has 1 amide bonds. The van der Waals surface area contributed by atoms with Gasteiger partial charge in [-0.1, -0.05) is 31.2 Å². The van der Waals surface area contributed by atoms with Gasteiger partial charge in [-0.05, 0) is 36.5 Å². The van der Waals surface area contributed by atoms with Crippen LogP contribution >= 0.6 is 0 Å². The van der Waals surface area contributed by atoms with Gasteiger partial charge < -0.3 is 14.6 Å². The van der Waals surface area contributed by atoms with Gasteiger partial charge in [-0.15, -0.1) is 0 Å². The monoisotopic (exact) mass is 532 g/mol. The van der Waals surface area contributed by atoms with Crippen LogP contribution in [0.5, 0.6) is 5.75 Å². The Kier molecular flexibility index (Phi) is 7.47. The van der Waals surface area contributed by atoms with Crippen molar-refractivity contribution >= 4 is 27.6 Å². The van der Waals surface area contributed by atoms with Crippen molar-refractivity contribution in [3.05, 3.63) is 82.9 Å². The number of aromatic nitrogens is 1. The van der Waals surface area contributed by atoms with Crippen molar-refractivity contribution in [2.75, 3.05) is 12.4 Å². The molecule has 37 heavy (non-hydrogen) atoms. The molecular formula is C26H27F3N4O3S. The average molecular weight is 533 g/mol. The zero-order chi connectivity index (χ0) is 26.9. The summed E-state index contributed by atoms with van der Waals surface area (Å²) in [4.78, 5) is 13.2. The molecule has 11 heteroatoms. The summed E-state index contributed by atoms with van der Waals surface area (Å²) in [5.74, 6) is -4.49. The molecule has 3 N–H and O–H groups in total. The van der Waals surface area contributed by atoms with Crippen molar-refractivity contribution in [2.45, 2.75) is 30.7 Å². The van der Waals surface area contributed by atoms with Gasteiger partial charge >= 0.3 is 0 Å². The maximum Gasteiger partial charge on any atom is 0.272 e. The van der Waals surface area contributed by atoms with Gasteiger partial charge in [0.25, 0.3) is 5.91 Å². The maximum absolute atomic E-state index is 13.6. The highest BCUT2D eigenvalue weighted by molar-refractivity contribution is 7.90. The number of benzene rings is 2. The number of rotatable bonds is 7. The van der Waals surface area contributed by atoms with Crippen LogP contribution in [0.25, 0.3) is 6.08 Å². The quantitative estimate of drug-likeness (QED) is 0.362. The van der Waals surface area contributed by atoms with E-state index in [1.165, 1.54) is 17.8 Å². The largest absolute Gasteiger partial charge is 0.497 e. The van der Waals surface area contributed by atoms with E-state index in [9.17, 15) is 22.2 Å². The Hall–Kier alpha value is -3.57. The van der Waals surface area contributed by atoms with Crippen LogP contribution in [0.1, 0.15) is 35.0 Å². The van der Waals surface area contributed by atoms with Gasteiger partial charge in [0.1, 0.15) is 21.4 Å². The fraction of sp³-hybridized carbons (Fsp3) is 0.269. The number of methoxy groups -OCH3 is 1. The van der Waals surface area contributed by atoms with Crippen LogP contribution in [0.2, 0.25) is 0 Å². The lowest BCUT2D eigenvalue weighted by Crippen LogP contribution is -2.36. The molecule has 0 aliphatic carbocycles. The summed E-state index contributed by atoms with van der Waals surface area (Å²) in [7, 11) is -0.350. The molecule has 3 aromatic rings. The number of carbonyl (C=O) groups is 1. The second-order valence-corrected chi connectivity index (χ2v) is 10.8. The molecular weight excluding hydrogens is 505 g/mol. The van der Waals surface area contributed by atoms with Gasteiger partial charge in [0.2, 0.25) is 0 Å². The van der Waals surface area contributed by atoms with Gasteiger partial charge in [0, 0.05) is 42.7 Å². The van der Waals surface area contributed by atoms with E-state index in [2.05, 4.69) is 10.0 Å². The van der Waals surface area contributed by atoms with Gasteiger partial charge in [-0.25, -0.2) is 26.9 Å². The van der Waals surface area contributed by atoms with Gasteiger partial charge in [-0.2, -0.15) is 0 Å². The van der Waals surface area contributed by atoms with Crippen molar-refractivity contribution in [2.24, 2.45) is 13.0 Å². The number of ether oxygens (including phenoxy) is 1. The number of carbonyl (C=O) groups excluding carboxylic acids is 1. The molecule has 0 radical (unpaired) electrons. The highest BCUT2D eigenvalue weighted by Gasteiger charge is 2.30. The highest BCUT2D eigenvalue weighted by atomic mass is 32.2. The minimum absolute atomic E-state index is 0.00437. The van der Waals surface area contributed by atoms with Crippen LogP contribution in [0, 0.1) is 28.1 Å². The fourth-order valence-electron chi connectivity index (χ4n) is 4.27. The number of hydrogen-bond donors (Lipinski definition) is 3. The summed E-state index contributed by atoms with van der Waals surface area (Å²) in [6, 6.07) is 8.67. The molecule has 0 spiro atoms. The fourth-order valence-corrected chi connectivity index (χ4v) is 5.88. The van der Waals surface area contributed by atoms with Gasteiger partial charge in [0.05, 0.1) is 12.0 Å². The van der Waals surface area contributed by atoms with Crippen molar-refractivity contribution in [3.63, 3.8) is 0 Å². The SMILES string of the molecule is COc1ccc(CC[C@H](C)C2C=Cc3c(cn(C)c3C(=O)Nc3cc(F)c(F)c(F)c3)S(=N)(=O)N2)cc1. The third-order valence-corrected chi connectivity index (χ3v) is 7.93. The van der Waals surface area contributed by atoms with Crippen molar-refractivity contribution < 1.29 is 26.9 Å². The standard InChI is InChI=1S/C26H27F3N4O3S/c1-15(4-5-16-6-8-18(36-3)9-7-16)22-11-10-19-23(37(30,35)32-22)14-33(2)25(19)26(34)31-17-12-20(27)24(29)21(28)13-17/h6-15,22H,4-5H2,1-3H3,(H,31,34)(H2,30,32,35)/t15-,22?,37?/m0/s1. The van der Waals surface area contributed by atoms with Crippen molar-refractivity contribution in [1.82, 2.24) is 9.29 Å². The van der Waals surface area contributed by atoms with Crippen LogP contribution in [-0.4, -0.2) is 27.8 Å². The number of anilines is 1. The topological polar surface area (TPSA) is 96.2 Å². The summed E-state index contributed by atoms with van der Waals surface area (Å²) in [6.07, 6.45) is 6.35. The maximum atomic E-state index is 13.6. The molecule has 3 atom stereocenters. The van der Waals surface area contributed by atoms with Gasteiger partial charge in [0.15, 0.2) is 17.5 Å². The summed E-state index contributed by atoms with van der Waals surface area (Å²) in [5, 5.41) is 2.35. The molecule has 1 aliphatic heterocycles. The minimum Gasteiger partial charge on any atom is -0.497 e. The first-order valence-corrected chi connectivity index (χ1v) is 13.1. The van der Waals surface area contributed by atoms with Crippen LogP contribution in [0.15, 0.2) is 53.6 Å². The zero-order valence-corrected chi connectivity index (χ0v) is 21.3. The van der Waals surface area contributed by atoms with E-state index in [1.54, 1.807) is 19.3 Å². The molecule has 1 aliphatic rings. The van der Waals surface area contributed by atoms with E-state index in [4.69, 9.17) is 9.52 Å². The van der Waals surface area contributed by atoms with E-state index >= 15 is 0 Å². The molecule has 0 saturated carbocycles. The van der Waals surface area contributed by atoms with E-state index in [0.717, 1.165) is 24.2 Å². The highest BCUT2D eigenvalue weighted by Crippen LogP contribution is 2.30. The van der Waals surface area contributed by atoms with E-state index in [-0.39, 0.29) is 27.8 Å². The van der Waals surface area contributed by atoms with E-state index < -0.39 is 39.3 Å². The molecule has 2 unspecified atom stereocenters. The molecule has 1 aromatic heterocycles. The molecule has 2 aromatic carbocycles. The third-order valence-electron chi connectivity index (χ3n) is 6.38. The predicted molar refractivity (Wildman–Crippen MR) is 135 cm³/mol. The van der Waals surface area contributed by atoms with E-state index in [0.29, 0.717) is 12.1 Å². The Morgan fingerprint density at radius 1 is 1.22 bits per heavy atom. The number of aryl methyl sites for hydroxylation is 2. The summed E-state index contributed by atoms with van der Waals surface area (Å²) < 4.78 is 71.9. The normalized spacial score (nSPS) is 19.7. The second kappa shape index (κ2) is 10.4. The molecule has 4 rings (SSSR count). The zero-order valence-electron chi connectivity index (χ0n) is 20.5. The molecule has 2 heterocycles. The lowest BCUT2D eigenvalue weighted by atomic mass is 9.94. The number of amides is 1. The number of hydrogen-bond acceptors (Lipinski definition) is 4. The summed E-state index contributed by atoms with van der Waals surface area (Å²) >= 11 is 0. The Morgan fingerprint density at radius 3 is 2.49 bits per heavy atom. The first-order valence-electron chi connectivity index (χ1n) is 11.5. The second-order valence-electron chi connectivity index (χ2n) is 9.00. The summed E-state index contributed by atoms with van der Waals surface area (Å²) in [5.41, 5.74) is 1.15. The third kappa shape index (κ3) is 5.57. The van der Waals surface area contributed by atoms with Crippen LogP contribution in [0.4, 0.5) is 18.9 Å². The van der Waals surface area contributed by atoms with Crippen molar-refractivity contribution in [3.8, 4) is 5.75 Å². The molecule has 7 nitrogen and oxygen atoms in total. The number of halogens is 3. The van der Waals surface area contributed by atoms with E-state index in [1.807, 2.05) is 31.2 Å². The molecule has 0 bridgehead atoms. The Bertz CT molecular complexity index is 1440.